The molecule has 1 aromatic heterocycles. The van der Waals surface area contributed by atoms with Gasteiger partial charge in [0.15, 0.2) is 0 Å². The van der Waals surface area contributed by atoms with Crippen molar-refractivity contribution < 1.29 is 4.74 Å². The van der Waals surface area contributed by atoms with Gasteiger partial charge in [-0.3, -0.25) is 0 Å². The molecule has 100 valence electrons. The second kappa shape index (κ2) is 6.71. The first-order valence-corrected chi connectivity index (χ1v) is 6.79. The van der Waals surface area contributed by atoms with Crippen LogP contribution in [0.4, 0.5) is 5.82 Å². The highest BCUT2D eigenvalue weighted by atomic mass is 16.5. The summed E-state index contributed by atoms with van der Waals surface area (Å²) in [6.07, 6.45) is 4.61. The zero-order valence-corrected chi connectivity index (χ0v) is 11.4. The fourth-order valence-corrected chi connectivity index (χ4v) is 2.40. The first-order chi connectivity index (χ1) is 8.83. The van der Waals surface area contributed by atoms with Gasteiger partial charge in [0.2, 0.25) is 0 Å². The van der Waals surface area contributed by atoms with E-state index in [0.717, 1.165) is 44.9 Å². The molecule has 0 atom stereocenters. The molecular formula is C14H23N3O. The summed E-state index contributed by atoms with van der Waals surface area (Å²) >= 11 is 0. The van der Waals surface area contributed by atoms with Crippen LogP contribution in [-0.4, -0.2) is 37.8 Å². The lowest BCUT2D eigenvalue weighted by Crippen LogP contribution is -2.37. The summed E-state index contributed by atoms with van der Waals surface area (Å²) < 4.78 is 5.66. The number of pyridine rings is 1. The number of rotatable bonds is 5. The van der Waals surface area contributed by atoms with Gasteiger partial charge in [-0.2, -0.15) is 0 Å². The van der Waals surface area contributed by atoms with Gasteiger partial charge in [0, 0.05) is 32.4 Å². The fourth-order valence-electron chi connectivity index (χ4n) is 2.40. The molecule has 2 heterocycles. The van der Waals surface area contributed by atoms with Crippen LogP contribution in [0.15, 0.2) is 18.3 Å². The molecule has 1 aliphatic rings. The van der Waals surface area contributed by atoms with Crippen molar-refractivity contribution in [2.45, 2.75) is 32.4 Å². The van der Waals surface area contributed by atoms with Gasteiger partial charge >= 0.3 is 0 Å². The van der Waals surface area contributed by atoms with Crippen LogP contribution in [0.2, 0.25) is 0 Å². The Morgan fingerprint density at radius 3 is 2.72 bits per heavy atom. The molecule has 0 unspecified atom stereocenters. The van der Waals surface area contributed by atoms with Crippen LogP contribution in [0.3, 0.4) is 0 Å². The summed E-state index contributed by atoms with van der Waals surface area (Å²) in [5, 5.41) is 3.13. The van der Waals surface area contributed by atoms with Gasteiger partial charge in [-0.25, -0.2) is 4.98 Å². The maximum Gasteiger partial charge on any atom is 0.128 e. The second-order valence-corrected chi connectivity index (χ2v) is 4.70. The SMILES string of the molecule is CCOC1CCN(c2ccc(CNC)cn2)CC1. The van der Waals surface area contributed by atoms with Gasteiger partial charge in [0.05, 0.1) is 6.10 Å². The molecule has 1 aromatic rings. The highest BCUT2D eigenvalue weighted by Crippen LogP contribution is 2.19. The van der Waals surface area contributed by atoms with Crippen molar-refractivity contribution in [2.24, 2.45) is 0 Å². The van der Waals surface area contributed by atoms with Gasteiger partial charge in [-0.15, -0.1) is 0 Å². The molecule has 4 heteroatoms. The Balaban J connectivity index is 1.89. The molecular weight excluding hydrogens is 226 g/mol. The Morgan fingerprint density at radius 2 is 2.17 bits per heavy atom. The molecule has 0 saturated carbocycles. The monoisotopic (exact) mass is 249 g/mol. The van der Waals surface area contributed by atoms with E-state index >= 15 is 0 Å². The van der Waals surface area contributed by atoms with Crippen LogP contribution in [0.1, 0.15) is 25.3 Å². The van der Waals surface area contributed by atoms with E-state index in [1.54, 1.807) is 0 Å². The van der Waals surface area contributed by atoms with E-state index in [1.807, 2.05) is 13.2 Å². The number of ether oxygens (including phenoxy) is 1. The molecule has 0 radical (unpaired) electrons. The minimum atomic E-state index is 0.440. The maximum atomic E-state index is 5.66. The van der Waals surface area contributed by atoms with Crippen molar-refractivity contribution >= 4 is 5.82 Å². The lowest BCUT2D eigenvalue weighted by Gasteiger charge is -2.32. The van der Waals surface area contributed by atoms with E-state index in [1.165, 1.54) is 5.56 Å². The summed E-state index contributed by atoms with van der Waals surface area (Å²) in [5.74, 6) is 1.09. The Kier molecular flexibility index (Phi) is 4.96. The van der Waals surface area contributed by atoms with Gasteiger partial charge < -0.3 is 15.0 Å². The van der Waals surface area contributed by atoms with Gasteiger partial charge in [-0.1, -0.05) is 6.07 Å². The maximum absolute atomic E-state index is 5.66. The van der Waals surface area contributed by atoms with E-state index < -0.39 is 0 Å². The van der Waals surface area contributed by atoms with Crippen LogP contribution in [0.25, 0.3) is 0 Å². The van der Waals surface area contributed by atoms with E-state index in [2.05, 4.69) is 34.3 Å². The molecule has 4 nitrogen and oxygen atoms in total. The number of hydrogen-bond donors (Lipinski definition) is 1. The number of aromatic nitrogens is 1. The predicted octanol–water partition coefficient (Wildman–Crippen LogP) is 1.81. The molecule has 0 aliphatic carbocycles. The summed E-state index contributed by atoms with van der Waals surface area (Å²) in [5.41, 5.74) is 1.23. The summed E-state index contributed by atoms with van der Waals surface area (Å²) in [4.78, 5) is 6.88. The minimum absolute atomic E-state index is 0.440. The van der Waals surface area contributed by atoms with Crippen molar-refractivity contribution in [3.8, 4) is 0 Å². The average molecular weight is 249 g/mol. The Hall–Kier alpha value is -1.13. The zero-order chi connectivity index (χ0) is 12.8. The zero-order valence-electron chi connectivity index (χ0n) is 11.4. The quantitative estimate of drug-likeness (QED) is 0.863. The van der Waals surface area contributed by atoms with Crippen LogP contribution < -0.4 is 10.2 Å². The minimum Gasteiger partial charge on any atom is -0.378 e. The van der Waals surface area contributed by atoms with Gasteiger partial charge in [0.25, 0.3) is 0 Å². The van der Waals surface area contributed by atoms with Crippen molar-refractivity contribution in [1.82, 2.24) is 10.3 Å². The van der Waals surface area contributed by atoms with Crippen LogP contribution in [-0.2, 0) is 11.3 Å². The van der Waals surface area contributed by atoms with E-state index in [4.69, 9.17) is 4.74 Å². The van der Waals surface area contributed by atoms with E-state index in [-0.39, 0.29) is 0 Å². The molecule has 0 spiro atoms. The first-order valence-electron chi connectivity index (χ1n) is 6.79. The Bertz CT molecular complexity index is 345. The van der Waals surface area contributed by atoms with Crippen molar-refractivity contribution in [3.05, 3.63) is 23.9 Å². The van der Waals surface area contributed by atoms with Gasteiger partial charge in [0.1, 0.15) is 5.82 Å². The average Bonchev–Trinajstić information content (AvgIpc) is 2.41. The molecule has 0 amide bonds. The third-order valence-corrected chi connectivity index (χ3v) is 3.36. The summed E-state index contributed by atoms with van der Waals surface area (Å²) in [7, 11) is 1.95. The van der Waals surface area contributed by atoms with Crippen molar-refractivity contribution in [3.63, 3.8) is 0 Å². The molecule has 1 fully saturated rings. The Labute approximate surface area is 109 Å². The smallest absolute Gasteiger partial charge is 0.128 e. The number of piperidine rings is 1. The van der Waals surface area contributed by atoms with Crippen molar-refractivity contribution in [2.75, 3.05) is 31.6 Å². The number of hydrogen-bond acceptors (Lipinski definition) is 4. The normalized spacial score (nSPS) is 17.1. The van der Waals surface area contributed by atoms with Crippen LogP contribution >= 0.6 is 0 Å². The number of nitrogens with zero attached hydrogens (tertiary/aromatic N) is 2. The highest BCUT2D eigenvalue weighted by molar-refractivity contribution is 5.39. The second-order valence-electron chi connectivity index (χ2n) is 4.70. The summed E-state index contributed by atoms with van der Waals surface area (Å²) in [6, 6.07) is 4.27. The molecule has 0 aromatic carbocycles. The molecule has 0 bridgehead atoms. The lowest BCUT2D eigenvalue weighted by atomic mass is 10.1. The summed E-state index contributed by atoms with van der Waals surface area (Å²) in [6.45, 7) is 5.85. The number of anilines is 1. The molecule has 1 N–H and O–H groups in total. The van der Waals surface area contributed by atoms with Crippen LogP contribution in [0.5, 0.6) is 0 Å². The molecule has 18 heavy (non-hydrogen) atoms. The molecule has 1 aliphatic heterocycles. The number of nitrogens with one attached hydrogen (secondary N) is 1. The third-order valence-electron chi connectivity index (χ3n) is 3.36. The van der Waals surface area contributed by atoms with E-state index in [0.29, 0.717) is 6.10 Å². The topological polar surface area (TPSA) is 37.4 Å². The largest absolute Gasteiger partial charge is 0.378 e. The van der Waals surface area contributed by atoms with Gasteiger partial charge in [-0.05, 0) is 38.4 Å². The van der Waals surface area contributed by atoms with E-state index in [9.17, 15) is 0 Å². The third kappa shape index (κ3) is 3.43. The first kappa shape index (κ1) is 13.3. The standard InChI is InChI=1S/C14H23N3O/c1-3-18-13-6-8-17(9-7-13)14-5-4-12(10-15-2)11-16-14/h4-5,11,13,15H,3,6-10H2,1-2H3. The molecule has 1 saturated heterocycles. The Morgan fingerprint density at radius 1 is 1.39 bits per heavy atom. The van der Waals surface area contributed by atoms with Crippen LogP contribution in [0, 0.1) is 0 Å². The lowest BCUT2D eigenvalue weighted by molar-refractivity contribution is 0.0458. The van der Waals surface area contributed by atoms with Crippen molar-refractivity contribution in [1.29, 1.82) is 0 Å². The fraction of sp³-hybridized carbons (Fsp3) is 0.643. The highest BCUT2D eigenvalue weighted by Gasteiger charge is 2.19. The predicted molar refractivity (Wildman–Crippen MR) is 73.9 cm³/mol. The molecule has 2 rings (SSSR count).